The molecule has 0 saturated heterocycles. The Kier molecular flexibility index (Phi) is 5.20. The van der Waals surface area contributed by atoms with Crippen molar-refractivity contribution in [2.75, 3.05) is 13.1 Å². The van der Waals surface area contributed by atoms with E-state index in [4.69, 9.17) is 0 Å². The van der Waals surface area contributed by atoms with E-state index in [1.165, 1.54) is 11.1 Å². The van der Waals surface area contributed by atoms with Gasteiger partial charge in [0.1, 0.15) is 5.78 Å². The molecule has 0 amide bonds. The molecule has 2 nitrogen and oxygen atoms in total. The van der Waals surface area contributed by atoms with E-state index in [1.54, 1.807) is 0 Å². The van der Waals surface area contributed by atoms with Gasteiger partial charge in [0.15, 0.2) is 0 Å². The third-order valence-corrected chi connectivity index (χ3v) is 2.65. The Morgan fingerprint density at radius 1 is 1.25 bits per heavy atom. The van der Waals surface area contributed by atoms with Crippen molar-refractivity contribution in [3.63, 3.8) is 0 Å². The van der Waals surface area contributed by atoms with Gasteiger partial charge in [-0.15, -0.1) is 0 Å². The molecule has 0 aliphatic carbocycles. The summed E-state index contributed by atoms with van der Waals surface area (Å²) < 4.78 is 0. The number of hydrogen-bond acceptors (Lipinski definition) is 2. The summed E-state index contributed by atoms with van der Waals surface area (Å²) in [6, 6.07) is 8.52. The fraction of sp³-hybridized carbons (Fsp3) is 0.500. The molecule has 0 radical (unpaired) electrons. The number of Topliss-reactive ketones (excluding diaryl/α,β-unsaturated/α-hetero) is 1. The average molecular weight is 219 g/mol. The van der Waals surface area contributed by atoms with Crippen LogP contribution in [0.5, 0.6) is 0 Å². The zero-order chi connectivity index (χ0) is 12.0. The maximum absolute atomic E-state index is 11.3. The molecule has 1 rings (SSSR count). The third kappa shape index (κ3) is 4.58. The van der Waals surface area contributed by atoms with Gasteiger partial charge in [-0.1, -0.05) is 43.7 Å². The van der Waals surface area contributed by atoms with Gasteiger partial charge in [0.25, 0.3) is 0 Å². The lowest BCUT2D eigenvalue weighted by atomic mass is 10.1. The second-order valence-corrected chi connectivity index (χ2v) is 4.53. The van der Waals surface area contributed by atoms with Crippen LogP contribution in [0.1, 0.15) is 25.0 Å². The lowest BCUT2D eigenvalue weighted by Crippen LogP contribution is -2.27. The first-order valence-electron chi connectivity index (χ1n) is 5.88. The quantitative estimate of drug-likeness (QED) is 0.744. The highest BCUT2D eigenvalue weighted by atomic mass is 16.1. The minimum atomic E-state index is 0.131. The summed E-state index contributed by atoms with van der Waals surface area (Å²) in [5.74, 6) is 0.413. The lowest BCUT2D eigenvalue weighted by Gasteiger charge is -2.06. The Morgan fingerprint density at radius 3 is 2.44 bits per heavy atom. The number of rotatable bonds is 6. The van der Waals surface area contributed by atoms with E-state index in [0.717, 1.165) is 13.0 Å². The van der Waals surface area contributed by atoms with Gasteiger partial charge in [-0.05, 0) is 25.5 Å². The number of hydrogen-bond donors (Lipinski definition) is 1. The minimum Gasteiger partial charge on any atom is -0.310 e. The van der Waals surface area contributed by atoms with E-state index in [-0.39, 0.29) is 11.7 Å². The summed E-state index contributed by atoms with van der Waals surface area (Å²) in [6.07, 6.45) is 0.978. The minimum absolute atomic E-state index is 0.131. The lowest BCUT2D eigenvalue weighted by molar-refractivity contribution is -0.121. The second-order valence-electron chi connectivity index (χ2n) is 4.53. The van der Waals surface area contributed by atoms with Crippen molar-refractivity contribution in [3.05, 3.63) is 35.4 Å². The zero-order valence-corrected chi connectivity index (χ0v) is 10.4. The molecule has 0 saturated carbocycles. The second kappa shape index (κ2) is 6.44. The normalized spacial score (nSPS) is 10.8. The fourth-order valence-electron chi connectivity index (χ4n) is 1.40. The van der Waals surface area contributed by atoms with Gasteiger partial charge >= 0.3 is 0 Å². The SMILES string of the molecule is Cc1ccc(CCNCC(=O)C(C)C)cc1. The van der Waals surface area contributed by atoms with E-state index < -0.39 is 0 Å². The molecule has 2 heteroatoms. The van der Waals surface area contributed by atoms with Gasteiger partial charge in [-0.3, -0.25) is 4.79 Å². The van der Waals surface area contributed by atoms with Crippen LogP contribution in [0.15, 0.2) is 24.3 Å². The number of carbonyl (C=O) groups excluding carboxylic acids is 1. The molecule has 0 aliphatic rings. The molecular formula is C14H21NO. The first-order chi connectivity index (χ1) is 7.59. The van der Waals surface area contributed by atoms with Crippen molar-refractivity contribution in [3.8, 4) is 0 Å². The molecule has 1 aromatic rings. The van der Waals surface area contributed by atoms with E-state index >= 15 is 0 Å². The standard InChI is InChI=1S/C14H21NO/c1-11(2)14(16)10-15-9-8-13-6-4-12(3)5-7-13/h4-7,11,15H,8-10H2,1-3H3. The Labute approximate surface area is 98.1 Å². The van der Waals surface area contributed by atoms with Crippen LogP contribution in [0.25, 0.3) is 0 Å². The van der Waals surface area contributed by atoms with Crippen LogP contribution < -0.4 is 5.32 Å². The Morgan fingerprint density at radius 2 is 1.88 bits per heavy atom. The first kappa shape index (κ1) is 12.9. The summed E-state index contributed by atoms with van der Waals surface area (Å²) in [5.41, 5.74) is 2.60. The predicted octanol–water partition coefficient (Wildman–Crippen LogP) is 2.35. The summed E-state index contributed by atoms with van der Waals surface area (Å²) in [5, 5.41) is 3.18. The van der Waals surface area contributed by atoms with Crippen LogP contribution in [-0.4, -0.2) is 18.9 Å². The number of ketones is 1. The molecule has 0 aromatic heterocycles. The van der Waals surface area contributed by atoms with Crippen molar-refractivity contribution in [1.82, 2.24) is 5.32 Å². The van der Waals surface area contributed by atoms with Crippen LogP contribution in [0.2, 0.25) is 0 Å². The van der Waals surface area contributed by atoms with Crippen molar-refractivity contribution >= 4 is 5.78 Å². The molecule has 88 valence electrons. The van der Waals surface area contributed by atoms with Crippen molar-refractivity contribution in [1.29, 1.82) is 0 Å². The van der Waals surface area contributed by atoms with Crippen LogP contribution in [0, 0.1) is 12.8 Å². The highest BCUT2D eigenvalue weighted by Gasteiger charge is 2.05. The van der Waals surface area contributed by atoms with E-state index in [2.05, 4.69) is 36.5 Å². The summed E-state index contributed by atoms with van der Waals surface area (Å²) in [7, 11) is 0. The summed E-state index contributed by atoms with van der Waals surface area (Å²) >= 11 is 0. The number of benzene rings is 1. The van der Waals surface area contributed by atoms with Gasteiger partial charge in [0.05, 0.1) is 6.54 Å². The summed E-state index contributed by atoms with van der Waals surface area (Å²) in [4.78, 5) is 11.3. The number of carbonyl (C=O) groups is 1. The van der Waals surface area contributed by atoms with Gasteiger partial charge < -0.3 is 5.32 Å². The van der Waals surface area contributed by atoms with Gasteiger partial charge in [-0.25, -0.2) is 0 Å². The van der Waals surface area contributed by atoms with Crippen molar-refractivity contribution < 1.29 is 4.79 Å². The van der Waals surface area contributed by atoms with Gasteiger partial charge in [0, 0.05) is 5.92 Å². The third-order valence-electron chi connectivity index (χ3n) is 2.65. The molecular weight excluding hydrogens is 198 g/mol. The largest absolute Gasteiger partial charge is 0.310 e. The number of aryl methyl sites for hydroxylation is 1. The molecule has 0 aliphatic heterocycles. The molecule has 1 N–H and O–H groups in total. The van der Waals surface area contributed by atoms with Crippen LogP contribution in [0.3, 0.4) is 0 Å². The Balaban J connectivity index is 2.21. The molecule has 0 spiro atoms. The molecule has 0 heterocycles. The van der Waals surface area contributed by atoms with E-state index in [9.17, 15) is 4.79 Å². The highest BCUT2D eigenvalue weighted by molar-refractivity contribution is 5.82. The predicted molar refractivity (Wildman–Crippen MR) is 67.6 cm³/mol. The van der Waals surface area contributed by atoms with Crippen LogP contribution >= 0.6 is 0 Å². The molecule has 0 bridgehead atoms. The highest BCUT2D eigenvalue weighted by Crippen LogP contribution is 2.03. The van der Waals surface area contributed by atoms with Crippen LogP contribution in [0.4, 0.5) is 0 Å². The molecule has 16 heavy (non-hydrogen) atoms. The number of nitrogens with one attached hydrogen (secondary N) is 1. The topological polar surface area (TPSA) is 29.1 Å². The Hall–Kier alpha value is -1.15. The maximum Gasteiger partial charge on any atom is 0.149 e. The molecule has 0 unspecified atom stereocenters. The monoisotopic (exact) mass is 219 g/mol. The first-order valence-corrected chi connectivity index (χ1v) is 5.88. The zero-order valence-electron chi connectivity index (χ0n) is 10.4. The summed E-state index contributed by atoms with van der Waals surface area (Å²) in [6.45, 7) is 7.31. The fourth-order valence-corrected chi connectivity index (χ4v) is 1.40. The smallest absolute Gasteiger partial charge is 0.149 e. The van der Waals surface area contributed by atoms with Gasteiger partial charge in [-0.2, -0.15) is 0 Å². The molecule has 1 aromatic carbocycles. The molecule has 0 atom stereocenters. The Bertz CT molecular complexity index is 327. The van der Waals surface area contributed by atoms with Crippen molar-refractivity contribution in [2.24, 2.45) is 5.92 Å². The molecule has 0 fully saturated rings. The van der Waals surface area contributed by atoms with Gasteiger partial charge in [0.2, 0.25) is 0 Å². The van der Waals surface area contributed by atoms with Crippen molar-refractivity contribution in [2.45, 2.75) is 27.2 Å². The van der Waals surface area contributed by atoms with E-state index in [0.29, 0.717) is 6.54 Å². The van der Waals surface area contributed by atoms with E-state index in [1.807, 2.05) is 13.8 Å². The maximum atomic E-state index is 11.3. The van der Waals surface area contributed by atoms with Crippen LogP contribution in [-0.2, 0) is 11.2 Å². The average Bonchev–Trinajstić information content (AvgIpc) is 2.26.